The molecule has 0 aliphatic carbocycles. The summed E-state index contributed by atoms with van der Waals surface area (Å²) >= 11 is 0. The number of aromatic nitrogens is 2. The lowest BCUT2D eigenvalue weighted by Gasteiger charge is -2.26. The van der Waals surface area contributed by atoms with Crippen molar-refractivity contribution in [1.82, 2.24) is 14.5 Å². The van der Waals surface area contributed by atoms with Crippen LogP contribution in [0.25, 0.3) is 11.0 Å². The zero-order valence-electron chi connectivity index (χ0n) is 17.6. The average Bonchev–Trinajstić information content (AvgIpc) is 2.80. The van der Waals surface area contributed by atoms with Crippen LogP contribution in [0.1, 0.15) is 12.0 Å². The largest absolute Gasteiger partial charge is 0.493 e. The Kier molecular flexibility index (Phi) is 6.79. The number of methoxy groups -OCH3 is 1. The third-order valence-corrected chi connectivity index (χ3v) is 5.37. The highest BCUT2D eigenvalue weighted by molar-refractivity contribution is 5.79. The molecule has 0 bridgehead atoms. The molecule has 1 saturated heterocycles. The molecule has 8 heteroatoms. The standard InChI is InChI=1S/C23H26FN3O4/c1-29-21-13-19-20(14-22(21)31-10-2-7-26-8-11-30-12-9-26)27(23(28)15-25-19)16-17-3-5-18(24)6-4-17/h3-6,13-15H,2,7-12,16H2,1H3. The van der Waals surface area contributed by atoms with Crippen molar-refractivity contribution in [3.63, 3.8) is 0 Å². The summed E-state index contributed by atoms with van der Waals surface area (Å²) in [6.07, 6.45) is 2.16. The predicted octanol–water partition coefficient (Wildman–Crippen LogP) is 2.69. The van der Waals surface area contributed by atoms with E-state index in [-0.39, 0.29) is 11.4 Å². The lowest BCUT2D eigenvalue weighted by molar-refractivity contribution is 0.0357. The van der Waals surface area contributed by atoms with E-state index in [4.69, 9.17) is 14.2 Å². The maximum absolute atomic E-state index is 13.2. The molecule has 2 heterocycles. The Morgan fingerprint density at radius 3 is 2.65 bits per heavy atom. The zero-order chi connectivity index (χ0) is 21.6. The Labute approximate surface area is 180 Å². The first-order chi connectivity index (χ1) is 15.1. The molecule has 2 aromatic carbocycles. The first-order valence-electron chi connectivity index (χ1n) is 10.4. The molecule has 0 N–H and O–H groups in total. The molecule has 0 spiro atoms. The third-order valence-electron chi connectivity index (χ3n) is 5.37. The number of halogens is 1. The molecule has 1 aliphatic heterocycles. The molecule has 4 rings (SSSR count). The zero-order valence-corrected chi connectivity index (χ0v) is 17.6. The van der Waals surface area contributed by atoms with E-state index in [1.165, 1.54) is 18.3 Å². The number of fused-ring (bicyclic) bond motifs is 1. The molecule has 0 atom stereocenters. The van der Waals surface area contributed by atoms with Crippen molar-refractivity contribution in [3.05, 3.63) is 64.3 Å². The van der Waals surface area contributed by atoms with Gasteiger partial charge in [-0.2, -0.15) is 0 Å². The van der Waals surface area contributed by atoms with Crippen LogP contribution in [0.15, 0.2) is 47.4 Å². The summed E-state index contributed by atoms with van der Waals surface area (Å²) in [7, 11) is 1.58. The Morgan fingerprint density at radius 2 is 1.90 bits per heavy atom. The average molecular weight is 427 g/mol. The minimum absolute atomic E-state index is 0.236. The Balaban J connectivity index is 1.55. The van der Waals surface area contributed by atoms with E-state index in [2.05, 4.69) is 9.88 Å². The van der Waals surface area contributed by atoms with E-state index in [9.17, 15) is 9.18 Å². The Bertz CT molecular complexity index is 1080. The molecule has 0 saturated carbocycles. The quantitative estimate of drug-likeness (QED) is 0.515. The van der Waals surface area contributed by atoms with E-state index in [0.29, 0.717) is 35.7 Å². The Hall–Kier alpha value is -2.97. The van der Waals surface area contributed by atoms with Gasteiger partial charge in [-0.15, -0.1) is 0 Å². The monoisotopic (exact) mass is 427 g/mol. The van der Waals surface area contributed by atoms with Crippen molar-refractivity contribution in [3.8, 4) is 11.5 Å². The molecular weight excluding hydrogens is 401 g/mol. The molecule has 3 aromatic rings. The summed E-state index contributed by atoms with van der Waals surface area (Å²) in [4.78, 5) is 19.2. The lowest BCUT2D eigenvalue weighted by Crippen LogP contribution is -2.37. The number of hydrogen-bond donors (Lipinski definition) is 0. The maximum atomic E-state index is 13.2. The second kappa shape index (κ2) is 9.89. The van der Waals surface area contributed by atoms with Gasteiger partial charge in [0.2, 0.25) is 0 Å². The van der Waals surface area contributed by atoms with Crippen molar-refractivity contribution in [1.29, 1.82) is 0 Å². The fraction of sp³-hybridized carbons (Fsp3) is 0.391. The molecule has 0 unspecified atom stereocenters. The first-order valence-corrected chi connectivity index (χ1v) is 10.4. The van der Waals surface area contributed by atoms with Crippen molar-refractivity contribution in [2.24, 2.45) is 0 Å². The smallest absolute Gasteiger partial charge is 0.269 e. The SMILES string of the molecule is COc1cc2ncc(=O)n(Cc3ccc(F)cc3)c2cc1OCCCN1CCOCC1. The number of rotatable bonds is 8. The summed E-state index contributed by atoms with van der Waals surface area (Å²) in [6.45, 7) is 5.22. The number of ether oxygens (including phenoxy) is 3. The van der Waals surface area contributed by atoms with Crippen LogP contribution in [0, 0.1) is 5.82 Å². The van der Waals surface area contributed by atoms with E-state index in [0.717, 1.165) is 44.8 Å². The van der Waals surface area contributed by atoms with Gasteiger partial charge >= 0.3 is 0 Å². The van der Waals surface area contributed by atoms with Crippen molar-refractivity contribution >= 4 is 11.0 Å². The summed E-state index contributed by atoms with van der Waals surface area (Å²) in [5.41, 5.74) is 1.85. The molecular formula is C23H26FN3O4. The third kappa shape index (κ3) is 5.21. The van der Waals surface area contributed by atoms with Crippen molar-refractivity contribution < 1.29 is 18.6 Å². The van der Waals surface area contributed by atoms with Crippen molar-refractivity contribution in [2.75, 3.05) is 46.6 Å². The van der Waals surface area contributed by atoms with Crippen molar-refractivity contribution in [2.45, 2.75) is 13.0 Å². The summed E-state index contributed by atoms with van der Waals surface area (Å²) < 4.78 is 31.7. The molecule has 1 aliphatic rings. The van der Waals surface area contributed by atoms with Crippen LogP contribution in [-0.4, -0.2) is 61.0 Å². The highest BCUT2D eigenvalue weighted by Crippen LogP contribution is 2.31. The van der Waals surface area contributed by atoms with Gasteiger partial charge in [0.1, 0.15) is 5.82 Å². The molecule has 0 radical (unpaired) electrons. The number of hydrogen-bond acceptors (Lipinski definition) is 6. The van der Waals surface area contributed by atoms with E-state index in [1.807, 2.05) is 0 Å². The maximum Gasteiger partial charge on any atom is 0.269 e. The second-order valence-electron chi connectivity index (χ2n) is 7.46. The minimum atomic E-state index is -0.312. The summed E-state index contributed by atoms with van der Waals surface area (Å²) in [5, 5.41) is 0. The molecule has 1 aromatic heterocycles. The fourth-order valence-electron chi connectivity index (χ4n) is 3.67. The van der Waals surface area contributed by atoms with Gasteiger partial charge < -0.3 is 18.8 Å². The van der Waals surface area contributed by atoms with Gasteiger partial charge in [0.05, 0.1) is 50.7 Å². The van der Waals surface area contributed by atoms with Gasteiger partial charge in [-0.05, 0) is 24.1 Å². The molecule has 31 heavy (non-hydrogen) atoms. The van der Waals surface area contributed by atoms with Crippen LogP contribution < -0.4 is 15.0 Å². The van der Waals surface area contributed by atoms with Crippen LogP contribution in [-0.2, 0) is 11.3 Å². The van der Waals surface area contributed by atoms with Crippen LogP contribution in [0.5, 0.6) is 11.5 Å². The second-order valence-corrected chi connectivity index (χ2v) is 7.46. The van der Waals surface area contributed by atoms with Gasteiger partial charge in [0.25, 0.3) is 5.56 Å². The minimum Gasteiger partial charge on any atom is -0.493 e. The highest BCUT2D eigenvalue weighted by Gasteiger charge is 2.14. The van der Waals surface area contributed by atoms with E-state index in [1.54, 1.807) is 35.9 Å². The molecule has 0 amide bonds. The molecule has 7 nitrogen and oxygen atoms in total. The highest BCUT2D eigenvalue weighted by atomic mass is 19.1. The first kappa shape index (κ1) is 21.3. The lowest BCUT2D eigenvalue weighted by atomic mass is 10.2. The number of morpholine rings is 1. The van der Waals surface area contributed by atoms with Gasteiger partial charge in [-0.3, -0.25) is 9.69 Å². The summed E-state index contributed by atoms with van der Waals surface area (Å²) in [6, 6.07) is 9.67. The summed E-state index contributed by atoms with van der Waals surface area (Å²) in [5.74, 6) is 0.823. The van der Waals surface area contributed by atoms with Gasteiger partial charge in [0.15, 0.2) is 11.5 Å². The predicted molar refractivity (Wildman–Crippen MR) is 115 cm³/mol. The van der Waals surface area contributed by atoms with Gasteiger partial charge in [-0.1, -0.05) is 12.1 Å². The van der Waals surface area contributed by atoms with Crippen LogP contribution >= 0.6 is 0 Å². The number of nitrogens with zero attached hydrogens (tertiary/aromatic N) is 3. The fourth-order valence-corrected chi connectivity index (χ4v) is 3.67. The number of benzene rings is 2. The van der Waals surface area contributed by atoms with E-state index < -0.39 is 0 Å². The van der Waals surface area contributed by atoms with Crippen LogP contribution in [0.2, 0.25) is 0 Å². The molecule has 164 valence electrons. The van der Waals surface area contributed by atoms with Crippen LogP contribution in [0.3, 0.4) is 0 Å². The van der Waals surface area contributed by atoms with E-state index >= 15 is 0 Å². The normalized spacial score (nSPS) is 14.6. The Morgan fingerprint density at radius 1 is 1.13 bits per heavy atom. The van der Waals surface area contributed by atoms with Crippen LogP contribution in [0.4, 0.5) is 4.39 Å². The molecule has 1 fully saturated rings. The topological polar surface area (TPSA) is 65.8 Å². The van der Waals surface area contributed by atoms with Gasteiger partial charge in [0, 0.05) is 31.8 Å². The van der Waals surface area contributed by atoms with Gasteiger partial charge in [-0.25, -0.2) is 9.37 Å².